The third kappa shape index (κ3) is 5.65. The van der Waals surface area contributed by atoms with Crippen LogP contribution in [0.4, 0.5) is 8.78 Å². The summed E-state index contributed by atoms with van der Waals surface area (Å²) >= 11 is 0. The lowest BCUT2D eigenvalue weighted by Gasteiger charge is -2.31. The molecule has 2 fully saturated rings. The maximum Gasteiger partial charge on any atom is 0.261 e. The highest BCUT2D eigenvalue weighted by Gasteiger charge is 2.41. The molecule has 0 radical (unpaired) electrons. The molecule has 0 aliphatic carbocycles. The molecule has 0 spiro atoms. The standard InChI is InChI=1S/C8H15F2N.C8H17N/c1-7(2,3)11-5-4-8(9,10)6-11;1-8(2,3)9-6-4-5-7-9/h4-6H2,1-3H3;4-7H2,1-3H3. The van der Waals surface area contributed by atoms with Crippen LogP contribution in [0.5, 0.6) is 0 Å². The predicted octanol–water partition coefficient (Wildman–Crippen LogP) is 4.01. The summed E-state index contributed by atoms with van der Waals surface area (Å²) in [5.74, 6) is -2.45. The number of alkyl halides is 2. The van der Waals surface area contributed by atoms with Crippen LogP contribution in [0.25, 0.3) is 0 Å². The van der Waals surface area contributed by atoms with E-state index in [0.29, 0.717) is 12.1 Å². The largest absolute Gasteiger partial charge is 0.298 e. The number of hydrogen-bond donors (Lipinski definition) is 0. The lowest BCUT2D eigenvalue weighted by Crippen LogP contribution is -2.40. The molecule has 0 atom stereocenters. The molecule has 2 rings (SSSR count). The third-order valence-electron chi connectivity index (χ3n) is 4.17. The molecule has 0 aromatic rings. The van der Waals surface area contributed by atoms with Crippen LogP contribution in [0, 0.1) is 0 Å². The van der Waals surface area contributed by atoms with Crippen LogP contribution in [0.3, 0.4) is 0 Å². The lowest BCUT2D eigenvalue weighted by atomic mass is 10.1. The Morgan fingerprint density at radius 2 is 1.20 bits per heavy atom. The van der Waals surface area contributed by atoms with E-state index in [-0.39, 0.29) is 18.5 Å². The van der Waals surface area contributed by atoms with Gasteiger partial charge in [0.1, 0.15) is 0 Å². The molecule has 20 heavy (non-hydrogen) atoms. The molecule has 2 saturated heterocycles. The summed E-state index contributed by atoms with van der Waals surface area (Å²) in [6.45, 7) is 15.8. The minimum absolute atomic E-state index is 0.0181. The first-order valence-electron chi connectivity index (χ1n) is 7.80. The number of halogens is 2. The van der Waals surface area contributed by atoms with E-state index in [0.717, 1.165) is 0 Å². The Morgan fingerprint density at radius 3 is 1.40 bits per heavy atom. The van der Waals surface area contributed by atoms with E-state index in [9.17, 15) is 8.78 Å². The fraction of sp³-hybridized carbons (Fsp3) is 1.00. The Hall–Kier alpha value is -0.220. The molecular weight excluding hydrogens is 258 g/mol. The van der Waals surface area contributed by atoms with Crippen LogP contribution in [-0.2, 0) is 0 Å². The van der Waals surface area contributed by atoms with E-state index in [4.69, 9.17) is 0 Å². The molecule has 4 heteroatoms. The molecule has 0 bridgehead atoms. The topological polar surface area (TPSA) is 6.48 Å². The maximum atomic E-state index is 12.7. The van der Waals surface area contributed by atoms with Crippen molar-refractivity contribution in [1.82, 2.24) is 9.80 Å². The molecule has 2 aliphatic heterocycles. The van der Waals surface area contributed by atoms with Crippen molar-refractivity contribution >= 4 is 0 Å². The van der Waals surface area contributed by atoms with Gasteiger partial charge in [0.05, 0.1) is 6.54 Å². The zero-order chi connectivity index (χ0) is 15.6. The van der Waals surface area contributed by atoms with E-state index in [1.165, 1.54) is 25.9 Å². The van der Waals surface area contributed by atoms with Gasteiger partial charge in [-0.2, -0.15) is 0 Å². The Labute approximate surface area is 123 Å². The van der Waals surface area contributed by atoms with Crippen molar-refractivity contribution < 1.29 is 8.78 Å². The summed E-state index contributed by atoms with van der Waals surface area (Å²) in [5.41, 5.74) is 0.302. The number of likely N-dealkylation sites (tertiary alicyclic amines) is 2. The van der Waals surface area contributed by atoms with Crippen LogP contribution in [0.15, 0.2) is 0 Å². The average Bonchev–Trinajstić information content (AvgIpc) is 2.84. The van der Waals surface area contributed by atoms with Crippen LogP contribution < -0.4 is 0 Å². The first kappa shape index (κ1) is 17.8. The third-order valence-corrected chi connectivity index (χ3v) is 4.17. The highest BCUT2D eigenvalue weighted by molar-refractivity contribution is 4.88. The molecule has 2 heterocycles. The van der Waals surface area contributed by atoms with Crippen molar-refractivity contribution in [2.24, 2.45) is 0 Å². The fourth-order valence-electron chi connectivity index (χ4n) is 2.70. The van der Waals surface area contributed by atoms with Gasteiger partial charge in [0, 0.05) is 24.0 Å². The van der Waals surface area contributed by atoms with E-state index in [1.807, 2.05) is 25.7 Å². The maximum absolute atomic E-state index is 12.7. The van der Waals surface area contributed by atoms with Crippen molar-refractivity contribution in [1.29, 1.82) is 0 Å². The van der Waals surface area contributed by atoms with E-state index in [2.05, 4.69) is 25.7 Å². The van der Waals surface area contributed by atoms with E-state index >= 15 is 0 Å². The highest BCUT2D eigenvalue weighted by atomic mass is 19.3. The Morgan fingerprint density at radius 1 is 0.750 bits per heavy atom. The average molecular weight is 290 g/mol. The van der Waals surface area contributed by atoms with Crippen molar-refractivity contribution in [2.45, 2.75) is 77.8 Å². The van der Waals surface area contributed by atoms with Crippen molar-refractivity contribution in [3.05, 3.63) is 0 Å². The van der Waals surface area contributed by atoms with Gasteiger partial charge < -0.3 is 0 Å². The monoisotopic (exact) mass is 290 g/mol. The van der Waals surface area contributed by atoms with Crippen LogP contribution in [0.2, 0.25) is 0 Å². The minimum Gasteiger partial charge on any atom is -0.298 e. The highest BCUT2D eigenvalue weighted by Crippen LogP contribution is 2.31. The Balaban J connectivity index is 0.000000204. The number of rotatable bonds is 0. The van der Waals surface area contributed by atoms with E-state index < -0.39 is 5.92 Å². The number of hydrogen-bond acceptors (Lipinski definition) is 2. The molecule has 0 amide bonds. The number of nitrogens with zero attached hydrogens (tertiary/aromatic N) is 2. The SMILES string of the molecule is CC(C)(C)N1CCC(F)(F)C1.CC(C)(C)N1CCCC1. The second kappa shape index (κ2) is 6.27. The van der Waals surface area contributed by atoms with Gasteiger partial charge in [-0.05, 0) is 67.5 Å². The van der Waals surface area contributed by atoms with E-state index in [1.54, 1.807) is 0 Å². The summed E-state index contributed by atoms with van der Waals surface area (Å²) < 4.78 is 25.4. The van der Waals surface area contributed by atoms with Crippen molar-refractivity contribution in [3.8, 4) is 0 Å². The molecule has 0 saturated carbocycles. The zero-order valence-corrected chi connectivity index (χ0v) is 14.1. The molecule has 2 nitrogen and oxygen atoms in total. The van der Waals surface area contributed by atoms with Gasteiger partial charge in [0.2, 0.25) is 0 Å². The summed E-state index contributed by atoms with van der Waals surface area (Å²) in [6.07, 6.45) is 2.82. The molecule has 2 aliphatic rings. The first-order valence-corrected chi connectivity index (χ1v) is 7.80. The first-order chi connectivity index (χ1) is 8.92. The van der Waals surface area contributed by atoms with Crippen LogP contribution in [0.1, 0.15) is 60.8 Å². The summed E-state index contributed by atoms with van der Waals surface area (Å²) in [5, 5.41) is 0. The van der Waals surface area contributed by atoms with Gasteiger partial charge in [-0.1, -0.05) is 0 Å². The fourth-order valence-corrected chi connectivity index (χ4v) is 2.70. The van der Waals surface area contributed by atoms with Crippen molar-refractivity contribution in [3.63, 3.8) is 0 Å². The Kier molecular flexibility index (Phi) is 5.59. The van der Waals surface area contributed by atoms with Gasteiger partial charge in [0.25, 0.3) is 5.92 Å². The second-order valence-electron chi connectivity index (χ2n) is 8.06. The smallest absolute Gasteiger partial charge is 0.261 e. The summed E-state index contributed by atoms with van der Waals surface area (Å²) in [7, 11) is 0. The molecule has 0 N–H and O–H groups in total. The lowest BCUT2D eigenvalue weighted by molar-refractivity contribution is 0.00172. The molecule has 0 aromatic heterocycles. The van der Waals surface area contributed by atoms with Gasteiger partial charge in [-0.15, -0.1) is 0 Å². The molecule has 120 valence electrons. The van der Waals surface area contributed by atoms with Gasteiger partial charge in [-0.3, -0.25) is 9.80 Å². The summed E-state index contributed by atoms with van der Waals surface area (Å²) in [4.78, 5) is 4.38. The van der Waals surface area contributed by atoms with Crippen LogP contribution in [-0.4, -0.2) is 53.0 Å². The zero-order valence-electron chi connectivity index (χ0n) is 14.1. The molecule has 0 aromatic carbocycles. The molecular formula is C16H32F2N2. The predicted molar refractivity (Wildman–Crippen MR) is 81.5 cm³/mol. The Bertz CT molecular complexity index is 297. The van der Waals surface area contributed by atoms with Gasteiger partial charge >= 0.3 is 0 Å². The van der Waals surface area contributed by atoms with Crippen LogP contribution >= 0.6 is 0 Å². The molecule has 0 unspecified atom stereocenters. The summed E-state index contributed by atoms with van der Waals surface area (Å²) in [6, 6.07) is 0. The quantitative estimate of drug-likeness (QED) is 0.665. The second-order valence-corrected chi connectivity index (χ2v) is 8.06. The van der Waals surface area contributed by atoms with Crippen molar-refractivity contribution in [2.75, 3.05) is 26.2 Å². The normalized spacial score (nSPS) is 24.6. The van der Waals surface area contributed by atoms with Gasteiger partial charge in [-0.25, -0.2) is 8.78 Å². The van der Waals surface area contributed by atoms with Gasteiger partial charge in [0.15, 0.2) is 0 Å². The minimum atomic E-state index is -2.45.